The molecule has 4 rings (SSSR count). The molecule has 0 saturated heterocycles. The van der Waals surface area contributed by atoms with Gasteiger partial charge in [-0.15, -0.1) is 0 Å². The number of hydrazone groups is 1. The van der Waals surface area contributed by atoms with Gasteiger partial charge in [0.15, 0.2) is 0 Å². The van der Waals surface area contributed by atoms with Crippen LogP contribution in [-0.4, -0.2) is 31.3 Å². The van der Waals surface area contributed by atoms with Gasteiger partial charge in [0.1, 0.15) is 18.1 Å². The second kappa shape index (κ2) is 9.40. The molecule has 0 spiro atoms. The Balaban J connectivity index is 0.000000377. The first-order chi connectivity index (χ1) is 14.4. The second-order valence-corrected chi connectivity index (χ2v) is 7.37. The van der Waals surface area contributed by atoms with Gasteiger partial charge >= 0.3 is 0 Å². The number of fused-ring (bicyclic) bond motifs is 2. The number of rotatable bonds is 4. The van der Waals surface area contributed by atoms with E-state index in [1.165, 1.54) is 0 Å². The molecule has 1 N–H and O–H groups in total. The van der Waals surface area contributed by atoms with Gasteiger partial charge in [0.25, 0.3) is 0 Å². The molecule has 0 saturated carbocycles. The molecule has 0 aliphatic heterocycles. The minimum absolute atomic E-state index is 0.808. The summed E-state index contributed by atoms with van der Waals surface area (Å²) in [6.45, 7) is 0. The topological polar surface area (TPSA) is 108 Å². The van der Waals surface area contributed by atoms with E-state index in [-0.39, 0.29) is 0 Å². The fraction of sp³-hybridized carbons (Fsp3) is 0.0952. The van der Waals surface area contributed by atoms with Crippen molar-refractivity contribution >= 4 is 44.4 Å². The highest BCUT2D eigenvalue weighted by molar-refractivity contribution is 7.80. The normalized spacial score (nSPS) is 11.4. The number of aryl methyl sites for hydroxylation is 1. The minimum atomic E-state index is -4.41. The van der Waals surface area contributed by atoms with E-state index >= 15 is 0 Å². The molecular formula is C21H20N4O4S. The van der Waals surface area contributed by atoms with E-state index in [1.54, 1.807) is 0 Å². The number of para-hydroxylation sites is 3. The van der Waals surface area contributed by atoms with Crippen molar-refractivity contribution in [1.29, 1.82) is 0 Å². The van der Waals surface area contributed by atoms with Crippen LogP contribution in [0.2, 0.25) is 0 Å². The number of hydrogen-bond acceptors (Lipinski definition) is 7. The van der Waals surface area contributed by atoms with Crippen LogP contribution >= 0.6 is 0 Å². The fourth-order valence-corrected chi connectivity index (χ4v) is 2.79. The van der Waals surface area contributed by atoms with Gasteiger partial charge in [-0.25, -0.2) is 13.4 Å². The third-order valence-corrected chi connectivity index (χ3v) is 4.64. The standard InChI is InChI=1S/C20H17N4.CH4O4S/c1-24-19-10-6-5-9-17(19)22-18-13-15(11-12-20(18)24)14-21-23-16-7-3-2-4-8-16;1-5-6(2,3)4/h2-14,23H,1H3;1H3,(H,2,3,4)/q+1;/p-1/b21-14+;. The lowest BCUT2D eigenvalue weighted by atomic mass is 10.2. The van der Waals surface area contributed by atoms with Gasteiger partial charge in [0.2, 0.25) is 21.4 Å². The van der Waals surface area contributed by atoms with E-state index < -0.39 is 10.4 Å². The first-order valence-corrected chi connectivity index (χ1v) is 10.2. The molecule has 0 unspecified atom stereocenters. The summed E-state index contributed by atoms with van der Waals surface area (Å²) in [5.41, 5.74) is 9.17. The molecule has 4 aromatic rings. The Hall–Kier alpha value is -3.40. The molecule has 30 heavy (non-hydrogen) atoms. The summed E-state index contributed by atoms with van der Waals surface area (Å²) < 4.78 is 33.2. The summed E-state index contributed by atoms with van der Waals surface area (Å²) in [6, 6.07) is 24.2. The minimum Gasteiger partial charge on any atom is -0.726 e. The van der Waals surface area contributed by atoms with E-state index in [1.807, 2.05) is 54.7 Å². The molecule has 0 amide bonds. The maximum Gasteiger partial charge on any atom is 0.231 e. The maximum absolute atomic E-state index is 9.22. The van der Waals surface area contributed by atoms with E-state index in [0.717, 1.165) is 40.4 Å². The molecule has 0 fully saturated rings. The Bertz CT molecular complexity index is 1290. The van der Waals surface area contributed by atoms with Gasteiger partial charge in [0, 0.05) is 12.1 Å². The van der Waals surface area contributed by atoms with Crippen molar-refractivity contribution in [3.63, 3.8) is 0 Å². The Morgan fingerprint density at radius 1 is 1.00 bits per heavy atom. The van der Waals surface area contributed by atoms with Crippen LogP contribution in [0.4, 0.5) is 5.69 Å². The number of benzene rings is 3. The molecular weight excluding hydrogens is 404 g/mol. The highest BCUT2D eigenvalue weighted by Gasteiger charge is 2.12. The molecule has 9 heteroatoms. The predicted molar refractivity (Wildman–Crippen MR) is 115 cm³/mol. The molecule has 0 aliphatic carbocycles. The molecule has 154 valence electrons. The quantitative estimate of drug-likeness (QED) is 0.135. The van der Waals surface area contributed by atoms with E-state index in [2.05, 4.69) is 50.6 Å². The highest BCUT2D eigenvalue weighted by Crippen LogP contribution is 2.15. The molecule has 8 nitrogen and oxygen atoms in total. The summed E-state index contributed by atoms with van der Waals surface area (Å²) >= 11 is 0. The van der Waals surface area contributed by atoms with Crippen LogP contribution in [0.5, 0.6) is 0 Å². The fourth-order valence-electron chi connectivity index (χ4n) is 2.79. The van der Waals surface area contributed by atoms with Crippen molar-refractivity contribution in [2.75, 3.05) is 12.5 Å². The molecule has 0 radical (unpaired) electrons. The van der Waals surface area contributed by atoms with Gasteiger partial charge in [-0.1, -0.05) is 30.3 Å². The summed E-state index contributed by atoms with van der Waals surface area (Å²) in [4.78, 5) is 4.76. The van der Waals surface area contributed by atoms with E-state index in [9.17, 15) is 13.0 Å². The van der Waals surface area contributed by atoms with Crippen LogP contribution in [0.15, 0.2) is 77.9 Å². The van der Waals surface area contributed by atoms with Crippen molar-refractivity contribution in [3.8, 4) is 0 Å². The first-order valence-electron chi connectivity index (χ1n) is 8.91. The second-order valence-electron chi connectivity index (χ2n) is 6.22. The van der Waals surface area contributed by atoms with Gasteiger partial charge < -0.3 is 4.55 Å². The summed E-state index contributed by atoms with van der Waals surface area (Å²) in [5.74, 6) is 0. The Labute approximate surface area is 174 Å². The number of hydrogen-bond donors (Lipinski definition) is 1. The number of aromatic nitrogens is 2. The summed E-state index contributed by atoms with van der Waals surface area (Å²) in [5, 5.41) is 4.29. The van der Waals surface area contributed by atoms with Crippen molar-refractivity contribution in [2.24, 2.45) is 12.1 Å². The van der Waals surface area contributed by atoms with Crippen molar-refractivity contribution < 1.29 is 21.7 Å². The average molecular weight is 424 g/mol. The van der Waals surface area contributed by atoms with Gasteiger partial charge in [-0.2, -0.15) is 9.67 Å². The van der Waals surface area contributed by atoms with Crippen LogP contribution < -0.4 is 9.99 Å². The Morgan fingerprint density at radius 3 is 2.33 bits per heavy atom. The monoisotopic (exact) mass is 424 g/mol. The zero-order valence-electron chi connectivity index (χ0n) is 16.4. The lowest BCUT2D eigenvalue weighted by Gasteiger charge is -2.02. The molecule has 1 heterocycles. The highest BCUT2D eigenvalue weighted by atomic mass is 32.3. The smallest absolute Gasteiger partial charge is 0.231 e. The van der Waals surface area contributed by atoms with E-state index in [4.69, 9.17) is 4.98 Å². The Kier molecular flexibility index (Phi) is 6.68. The Morgan fingerprint density at radius 2 is 1.63 bits per heavy atom. The molecule has 1 aromatic heterocycles. The van der Waals surface area contributed by atoms with Gasteiger partial charge in [-0.3, -0.25) is 9.61 Å². The van der Waals surface area contributed by atoms with Crippen LogP contribution in [0.3, 0.4) is 0 Å². The first kappa shape index (κ1) is 21.3. The molecule has 0 aliphatic rings. The van der Waals surface area contributed by atoms with Crippen molar-refractivity contribution in [3.05, 3.63) is 78.4 Å². The van der Waals surface area contributed by atoms with Gasteiger partial charge in [0.05, 0.1) is 19.0 Å². The maximum atomic E-state index is 9.22. The van der Waals surface area contributed by atoms with E-state index in [0.29, 0.717) is 0 Å². The summed E-state index contributed by atoms with van der Waals surface area (Å²) in [7, 11) is -1.54. The van der Waals surface area contributed by atoms with Crippen molar-refractivity contribution in [1.82, 2.24) is 4.98 Å². The molecule has 0 atom stereocenters. The number of nitrogens with one attached hydrogen (secondary N) is 1. The van der Waals surface area contributed by atoms with Crippen molar-refractivity contribution in [2.45, 2.75) is 0 Å². The third-order valence-electron chi connectivity index (χ3n) is 4.23. The lowest BCUT2D eigenvalue weighted by Crippen LogP contribution is -2.30. The average Bonchev–Trinajstić information content (AvgIpc) is 2.74. The lowest BCUT2D eigenvalue weighted by molar-refractivity contribution is -0.617. The third kappa shape index (κ3) is 5.57. The molecule has 0 bridgehead atoms. The SMILES string of the molecule is COS(=O)(=O)[O-].C[n+]1c2ccccc2nc2cc(/C=N/Nc3ccccc3)ccc21. The molecule has 3 aromatic carbocycles. The zero-order valence-corrected chi connectivity index (χ0v) is 17.2. The van der Waals surface area contributed by atoms with Gasteiger partial charge in [-0.05, 0) is 35.9 Å². The van der Waals surface area contributed by atoms with Crippen LogP contribution in [0, 0.1) is 0 Å². The van der Waals surface area contributed by atoms with Crippen LogP contribution in [0.25, 0.3) is 22.1 Å². The summed E-state index contributed by atoms with van der Waals surface area (Å²) in [6.07, 6.45) is 1.81. The van der Waals surface area contributed by atoms with Crippen LogP contribution in [-0.2, 0) is 21.6 Å². The number of anilines is 1. The number of nitrogens with zero attached hydrogens (tertiary/aromatic N) is 3. The zero-order chi connectivity index (χ0) is 21.6. The largest absolute Gasteiger partial charge is 0.726 e. The van der Waals surface area contributed by atoms with Crippen LogP contribution in [0.1, 0.15) is 5.56 Å². The predicted octanol–water partition coefficient (Wildman–Crippen LogP) is 2.75.